The van der Waals surface area contributed by atoms with Gasteiger partial charge >= 0.3 is 0 Å². The number of ether oxygens (including phenoxy) is 1. The summed E-state index contributed by atoms with van der Waals surface area (Å²) in [6, 6.07) is 0.154. The number of hydrogen-bond acceptors (Lipinski definition) is 5. The van der Waals surface area contributed by atoms with Crippen molar-refractivity contribution in [1.82, 2.24) is 14.8 Å². The molecule has 2 aliphatic heterocycles. The molecule has 5 nitrogen and oxygen atoms in total. The smallest absolute Gasteiger partial charge is 0.266 e. The predicted molar refractivity (Wildman–Crippen MR) is 82.9 cm³/mol. The predicted octanol–water partition coefficient (Wildman–Crippen LogP) is 1.42. The molecule has 0 unspecified atom stereocenters. The van der Waals surface area contributed by atoms with Gasteiger partial charge in [-0.2, -0.15) is 0 Å². The first-order valence-corrected chi connectivity index (χ1v) is 8.43. The Hall–Kier alpha value is -0.980. The van der Waals surface area contributed by atoms with Crippen LogP contribution in [-0.4, -0.2) is 66.6 Å². The molecule has 0 spiro atoms. The second-order valence-electron chi connectivity index (χ2n) is 6.11. The summed E-state index contributed by atoms with van der Waals surface area (Å²) in [4.78, 5) is 22.6. The lowest BCUT2D eigenvalue weighted by molar-refractivity contribution is 0.0485. The molecule has 2 atom stereocenters. The van der Waals surface area contributed by atoms with Crippen molar-refractivity contribution in [3.63, 3.8) is 0 Å². The van der Waals surface area contributed by atoms with Crippen LogP contribution in [0.4, 0.5) is 0 Å². The number of aromatic nitrogens is 1. The van der Waals surface area contributed by atoms with Crippen LogP contribution in [0.2, 0.25) is 0 Å². The van der Waals surface area contributed by atoms with Crippen LogP contribution >= 0.6 is 11.3 Å². The molecule has 0 N–H and O–H groups in total. The number of nitrogens with zero attached hydrogens (tertiary/aromatic N) is 3. The van der Waals surface area contributed by atoms with Crippen molar-refractivity contribution in [3.8, 4) is 0 Å². The molecule has 1 aromatic heterocycles. The van der Waals surface area contributed by atoms with E-state index in [2.05, 4.69) is 23.9 Å². The average Bonchev–Trinajstić information content (AvgIpc) is 2.60. The topological polar surface area (TPSA) is 45.7 Å². The third-order valence-electron chi connectivity index (χ3n) is 4.25. The van der Waals surface area contributed by atoms with Crippen molar-refractivity contribution in [2.45, 2.75) is 26.3 Å². The Balaban J connectivity index is 1.87. The lowest BCUT2D eigenvalue weighted by Crippen LogP contribution is -2.45. The molecule has 0 radical (unpaired) electrons. The molecule has 0 saturated carbocycles. The molecule has 2 fully saturated rings. The zero-order valence-electron chi connectivity index (χ0n) is 13.0. The number of amides is 1. The van der Waals surface area contributed by atoms with E-state index in [1.807, 2.05) is 11.8 Å². The Morgan fingerprint density at radius 3 is 2.90 bits per heavy atom. The van der Waals surface area contributed by atoms with Crippen LogP contribution < -0.4 is 0 Å². The second kappa shape index (κ2) is 6.02. The van der Waals surface area contributed by atoms with Gasteiger partial charge in [0.05, 0.1) is 30.0 Å². The van der Waals surface area contributed by atoms with E-state index in [0.717, 1.165) is 48.2 Å². The van der Waals surface area contributed by atoms with Crippen LogP contribution in [0.3, 0.4) is 0 Å². The molecule has 1 aromatic rings. The van der Waals surface area contributed by atoms with Gasteiger partial charge in [-0.25, -0.2) is 4.98 Å². The first-order valence-electron chi connectivity index (χ1n) is 7.62. The van der Waals surface area contributed by atoms with Gasteiger partial charge in [-0.3, -0.25) is 4.79 Å². The largest absolute Gasteiger partial charge is 0.379 e. The van der Waals surface area contributed by atoms with Crippen LogP contribution in [0.1, 0.15) is 27.3 Å². The number of carbonyl (C=O) groups excluding carboxylic acids is 1. The Bertz CT molecular complexity index is 531. The number of fused-ring (bicyclic) bond motifs is 3. The molecule has 0 aromatic carbocycles. The summed E-state index contributed by atoms with van der Waals surface area (Å²) in [5.74, 6) is 0.547. The van der Waals surface area contributed by atoms with Crippen LogP contribution in [-0.2, 0) is 11.2 Å². The Morgan fingerprint density at radius 1 is 1.38 bits per heavy atom. The first-order chi connectivity index (χ1) is 10.1. The molecule has 0 aliphatic carbocycles. The summed E-state index contributed by atoms with van der Waals surface area (Å²) in [5, 5.41) is 1.04. The molecule has 3 heterocycles. The van der Waals surface area contributed by atoms with Crippen LogP contribution in [0.5, 0.6) is 0 Å². The minimum atomic E-state index is 0.139. The first kappa shape index (κ1) is 14.9. The van der Waals surface area contributed by atoms with Gasteiger partial charge in [-0.1, -0.05) is 6.92 Å². The minimum Gasteiger partial charge on any atom is -0.379 e. The van der Waals surface area contributed by atoms with E-state index in [9.17, 15) is 4.79 Å². The van der Waals surface area contributed by atoms with E-state index in [1.165, 1.54) is 0 Å². The van der Waals surface area contributed by atoms with Crippen LogP contribution in [0.15, 0.2) is 0 Å². The molecule has 116 valence electrons. The van der Waals surface area contributed by atoms with Crippen molar-refractivity contribution < 1.29 is 9.53 Å². The van der Waals surface area contributed by atoms with Crippen LogP contribution in [0, 0.1) is 12.8 Å². The quantitative estimate of drug-likeness (QED) is 0.829. The third-order valence-corrected chi connectivity index (χ3v) is 5.54. The highest BCUT2D eigenvalue weighted by Gasteiger charge is 2.36. The lowest BCUT2D eigenvalue weighted by Gasteiger charge is -2.29. The van der Waals surface area contributed by atoms with Crippen molar-refractivity contribution in [3.05, 3.63) is 15.6 Å². The SMILES string of the molecule is CCc1nc(C)c(C(=O)N2C[C@H]3COC[C@@H]2CN(C)C3)s1. The van der Waals surface area contributed by atoms with E-state index < -0.39 is 0 Å². The summed E-state index contributed by atoms with van der Waals surface area (Å²) in [7, 11) is 2.13. The van der Waals surface area contributed by atoms with Gasteiger partial charge in [0.15, 0.2) is 0 Å². The zero-order chi connectivity index (χ0) is 15.0. The number of thiazole rings is 1. The van der Waals surface area contributed by atoms with Gasteiger partial charge in [-0.15, -0.1) is 11.3 Å². The summed E-state index contributed by atoms with van der Waals surface area (Å²) in [6.07, 6.45) is 0.886. The maximum absolute atomic E-state index is 13.0. The van der Waals surface area contributed by atoms with E-state index in [4.69, 9.17) is 4.74 Å². The molecular formula is C15H23N3O2S. The van der Waals surface area contributed by atoms with Crippen LogP contribution in [0.25, 0.3) is 0 Å². The van der Waals surface area contributed by atoms with Gasteiger partial charge in [0.1, 0.15) is 4.88 Å². The molecule has 2 bridgehead atoms. The van der Waals surface area contributed by atoms with Gasteiger partial charge in [-0.05, 0) is 20.4 Å². The fourth-order valence-electron chi connectivity index (χ4n) is 3.26. The van der Waals surface area contributed by atoms with E-state index in [0.29, 0.717) is 12.5 Å². The Morgan fingerprint density at radius 2 is 2.19 bits per heavy atom. The third kappa shape index (κ3) is 2.98. The average molecular weight is 309 g/mol. The molecule has 3 rings (SSSR count). The fraction of sp³-hybridized carbons (Fsp3) is 0.733. The fourth-order valence-corrected chi connectivity index (χ4v) is 4.22. The molecular weight excluding hydrogens is 286 g/mol. The normalized spacial score (nSPS) is 26.7. The molecule has 6 heteroatoms. The highest BCUT2D eigenvalue weighted by atomic mass is 32.1. The number of hydrogen-bond donors (Lipinski definition) is 0. The van der Waals surface area contributed by atoms with Gasteiger partial charge < -0.3 is 14.5 Å². The number of aryl methyl sites for hydroxylation is 2. The second-order valence-corrected chi connectivity index (χ2v) is 7.20. The lowest BCUT2D eigenvalue weighted by atomic mass is 10.1. The van der Waals surface area contributed by atoms with Gasteiger partial charge in [0.2, 0.25) is 0 Å². The maximum Gasteiger partial charge on any atom is 0.266 e. The standard InChI is InChI=1S/C15H23N3O2S/c1-4-13-16-10(2)14(21-13)15(19)18-6-11-5-17(3)7-12(18)9-20-8-11/h11-12H,4-9H2,1-3H3/t11-,12-/m0/s1. The summed E-state index contributed by atoms with van der Waals surface area (Å²) < 4.78 is 5.75. The highest BCUT2D eigenvalue weighted by Crippen LogP contribution is 2.25. The number of rotatable bonds is 2. The van der Waals surface area contributed by atoms with Gasteiger partial charge in [0.25, 0.3) is 5.91 Å². The summed E-state index contributed by atoms with van der Waals surface area (Å²) >= 11 is 1.55. The van der Waals surface area contributed by atoms with E-state index >= 15 is 0 Å². The van der Waals surface area contributed by atoms with Crippen molar-refractivity contribution in [2.75, 3.05) is 39.9 Å². The van der Waals surface area contributed by atoms with Gasteiger partial charge in [0, 0.05) is 25.6 Å². The zero-order valence-corrected chi connectivity index (χ0v) is 13.8. The van der Waals surface area contributed by atoms with Crippen molar-refractivity contribution in [1.29, 1.82) is 0 Å². The molecule has 2 aliphatic rings. The highest BCUT2D eigenvalue weighted by molar-refractivity contribution is 7.13. The van der Waals surface area contributed by atoms with Crippen molar-refractivity contribution >= 4 is 17.2 Å². The monoisotopic (exact) mass is 309 g/mol. The van der Waals surface area contributed by atoms with E-state index in [1.54, 1.807) is 11.3 Å². The molecule has 2 saturated heterocycles. The van der Waals surface area contributed by atoms with Crippen molar-refractivity contribution in [2.24, 2.45) is 5.92 Å². The Labute approximate surface area is 129 Å². The summed E-state index contributed by atoms with van der Waals surface area (Å²) in [5.41, 5.74) is 0.870. The Kier molecular flexibility index (Phi) is 4.28. The summed E-state index contributed by atoms with van der Waals surface area (Å²) in [6.45, 7) is 8.11. The van der Waals surface area contributed by atoms with E-state index in [-0.39, 0.29) is 11.9 Å². The minimum absolute atomic E-state index is 0.139. The number of likely N-dealkylation sites (N-methyl/N-ethyl adjacent to an activating group) is 1. The number of carbonyl (C=O) groups is 1. The maximum atomic E-state index is 13.0. The molecule has 1 amide bonds. The molecule has 21 heavy (non-hydrogen) atoms.